The van der Waals surface area contributed by atoms with Gasteiger partial charge in [0.2, 0.25) is 5.78 Å². The van der Waals surface area contributed by atoms with Gasteiger partial charge in [0.15, 0.2) is 6.61 Å². The smallest absolute Gasteiger partial charge is 0.338 e. The highest BCUT2D eigenvalue weighted by atomic mass is 19.1. The standard InChI is InChI=1S/C21H18FN3O3/c1-13-8-9-14(22)10-15(13)21(27)28-12-19(26)16(11-23)20-24(2)17-6-4-5-7-18(17)25(20)3/h4-10H,12H2,1-3H3. The van der Waals surface area contributed by atoms with Crippen LogP contribution in [0, 0.1) is 24.1 Å². The predicted octanol–water partition coefficient (Wildman–Crippen LogP) is 3.18. The molecule has 7 heteroatoms. The molecule has 2 aromatic rings. The SMILES string of the molecule is Cc1ccc(F)cc1C(=O)OCC(=O)C(C#N)=C1N(C)c2ccccc2N1C. The van der Waals surface area contributed by atoms with E-state index in [2.05, 4.69) is 0 Å². The van der Waals surface area contributed by atoms with Crippen molar-refractivity contribution in [2.24, 2.45) is 0 Å². The lowest BCUT2D eigenvalue weighted by Gasteiger charge is -2.19. The molecular formula is C21H18FN3O3. The Hall–Kier alpha value is -3.66. The maximum absolute atomic E-state index is 13.4. The number of Topliss-reactive ketones (excluding diaryl/α,β-unsaturated/α-hetero) is 1. The molecule has 0 aromatic heterocycles. The van der Waals surface area contributed by atoms with Crippen LogP contribution in [-0.4, -0.2) is 32.5 Å². The van der Waals surface area contributed by atoms with Gasteiger partial charge in [-0.25, -0.2) is 9.18 Å². The first-order chi connectivity index (χ1) is 13.3. The first-order valence-corrected chi connectivity index (χ1v) is 8.52. The number of halogens is 1. The number of ketones is 1. The number of hydrogen-bond acceptors (Lipinski definition) is 6. The van der Waals surface area contributed by atoms with E-state index >= 15 is 0 Å². The molecule has 0 bridgehead atoms. The predicted molar refractivity (Wildman–Crippen MR) is 102 cm³/mol. The number of esters is 1. The summed E-state index contributed by atoms with van der Waals surface area (Å²) in [6.07, 6.45) is 0. The molecule has 2 aromatic carbocycles. The van der Waals surface area contributed by atoms with Crippen LogP contribution in [0.2, 0.25) is 0 Å². The van der Waals surface area contributed by atoms with Gasteiger partial charge < -0.3 is 14.5 Å². The number of anilines is 2. The molecule has 0 unspecified atom stereocenters. The zero-order valence-electron chi connectivity index (χ0n) is 15.7. The molecule has 1 aliphatic heterocycles. The second-order valence-corrected chi connectivity index (χ2v) is 6.38. The third-order valence-electron chi connectivity index (χ3n) is 4.61. The average molecular weight is 379 g/mol. The Bertz CT molecular complexity index is 1010. The molecule has 0 atom stereocenters. The molecule has 1 heterocycles. The van der Waals surface area contributed by atoms with Crippen LogP contribution in [0.25, 0.3) is 0 Å². The number of nitriles is 1. The molecule has 0 spiro atoms. The van der Waals surface area contributed by atoms with Crippen LogP contribution >= 0.6 is 0 Å². The summed E-state index contributed by atoms with van der Waals surface area (Å²) in [5.41, 5.74) is 2.16. The average Bonchev–Trinajstić information content (AvgIpc) is 2.94. The second kappa shape index (κ2) is 7.53. The van der Waals surface area contributed by atoms with Gasteiger partial charge in [0.1, 0.15) is 23.3 Å². The number of carbonyl (C=O) groups excluding carboxylic acids is 2. The monoisotopic (exact) mass is 379 g/mol. The summed E-state index contributed by atoms with van der Waals surface area (Å²) in [7, 11) is 3.51. The zero-order chi connectivity index (χ0) is 20.4. The van der Waals surface area contributed by atoms with Crippen molar-refractivity contribution in [2.45, 2.75) is 6.92 Å². The van der Waals surface area contributed by atoms with Crippen molar-refractivity contribution < 1.29 is 18.7 Å². The molecule has 0 radical (unpaired) electrons. The molecule has 142 valence electrons. The van der Waals surface area contributed by atoms with Crippen molar-refractivity contribution >= 4 is 23.1 Å². The van der Waals surface area contributed by atoms with Gasteiger partial charge in [0.05, 0.1) is 16.9 Å². The van der Waals surface area contributed by atoms with E-state index < -0.39 is 24.2 Å². The number of fused-ring (bicyclic) bond motifs is 1. The van der Waals surface area contributed by atoms with Gasteiger partial charge in [-0.1, -0.05) is 18.2 Å². The molecule has 0 fully saturated rings. The van der Waals surface area contributed by atoms with Crippen molar-refractivity contribution in [3.63, 3.8) is 0 Å². The number of ether oxygens (including phenoxy) is 1. The molecule has 0 saturated heterocycles. The first-order valence-electron chi connectivity index (χ1n) is 8.52. The molecule has 0 amide bonds. The third-order valence-corrected chi connectivity index (χ3v) is 4.61. The Kier molecular flexibility index (Phi) is 5.14. The number of nitrogens with zero attached hydrogens (tertiary/aromatic N) is 3. The first kappa shape index (κ1) is 19.1. The minimum absolute atomic E-state index is 0.0430. The van der Waals surface area contributed by atoms with Crippen molar-refractivity contribution in [3.05, 3.63) is 70.8 Å². The van der Waals surface area contributed by atoms with E-state index in [1.807, 2.05) is 30.3 Å². The van der Waals surface area contributed by atoms with Crippen LogP contribution in [0.4, 0.5) is 15.8 Å². The molecular weight excluding hydrogens is 361 g/mol. The van der Waals surface area contributed by atoms with Gasteiger partial charge >= 0.3 is 5.97 Å². The summed E-state index contributed by atoms with van der Waals surface area (Å²) in [4.78, 5) is 28.3. The molecule has 3 rings (SSSR count). The van der Waals surface area contributed by atoms with E-state index in [1.165, 1.54) is 12.1 Å². The number of benzene rings is 2. The summed E-state index contributed by atoms with van der Waals surface area (Å²) in [6, 6.07) is 13.2. The highest BCUT2D eigenvalue weighted by molar-refractivity contribution is 6.04. The van der Waals surface area contributed by atoms with E-state index in [1.54, 1.807) is 30.8 Å². The van der Waals surface area contributed by atoms with Crippen LogP contribution in [0.3, 0.4) is 0 Å². The van der Waals surface area contributed by atoms with Gasteiger partial charge in [0.25, 0.3) is 0 Å². The summed E-state index contributed by atoms with van der Waals surface area (Å²) < 4.78 is 18.4. The second-order valence-electron chi connectivity index (χ2n) is 6.38. The van der Waals surface area contributed by atoms with E-state index in [0.29, 0.717) is 11.4 Å². The zero-order valence-corrected chi connectivity index (χ0v) is 15.7. The summed E-state index contributed by atoms with van der Waals surface area (Å²) >= 11 is 0. The van der Waals surface area contributed by atoms with Crippen LogP contribution in [0.1, 0.15) is 15.9 Å². The Morgan fingerprint density at radius 2 is 1.71 bits per heavy atom. The van der Waals surface area contributed by atoms with Crippen molar-refractivity contribution in [2.75, 3.05) is 30.5 Å². The molecule has 28 heavy (non-hydrogen) atoms. The normalized spacial score (nSPS) is 12.5. The fraction of sp³-hybridized carbons (Fsp3) is 0.190. The number of para-hydroxylation sites is 2. The number of carbonyl (C=O) groups is 2. The lowest BCUT2D eigenvalue weighted by Crippen LogP contribution is -2.28. The maximum Gasteiger partial charge on any atom is 0.338 e. The lowest BCUT2D eigenvalue weighted by atomic mass is 10.1. The van der Waals surface area contributed by atoms with Gasteiger partial charge in [-0.15, -0.1) is 0 Å². The number of aryl methyl sites for hydroxylation is 1. The van der Waals surface area contributed by atoms with E-state index in [9.17, 15) is 19.2 Å². The summed E-state index contributed by atoms with van der Waals surface area (Å²) in [5.74, 6) is -1.61. The molecule has 0 N–H and O–H groups in total. The van der Waals surface area contributed by atoms with Crippen molar-refractivity contribution in [3.8, 4) is 6.07 Å². The maximum atomic E-state index is 13.4. The van der Waals surface area contributed by atoms with Gasteiger partial charge in [-0.2, -0.15) is 5.26 Å². The van der Waals surface area contributed by atoms with Crippen LogP contribution in [0.15, 0.2) is 53.9 Å². The Labute approximate surface area is 162 Å². The minimum Gasteiger partial charge on any atom is -0.454 e. The molecule has 6 nitrogen and oxygen atoms in total. The van der Waals surface area contributed by atoms with E-state index in [4.69, 9.17) is 4.74 Å². The molecule has 0 aliphatic carbocycles. The fourth-order valence-electron chi connectivity index (χ4n) is 3.15. The Morgan fingerprint density at radius 1 is 1.11 bits per heavy atom. The largest absolute Gasteiger partial charge is 0.454 e. The number of rotatable bonds is 4. The van der Waals surface area contributed by atoms with Crippen LogP contribution in [0.5, 0.6) is 0 Å². The summed E-state index contributed by atoms with van der Waals surface area (Å²) in [5, 5.41) is 9.56. The molecule has 1 aliphatic rings. The van der Waals surface area contributed by atoms with E-state index in [-0.39, 0.29) is 11.1 Å². The van der Waals surface area contributed by atoms with Gasteiger partial charge in [0, 0.05) is 14.1 Å². The Morgan fingerprint density at radius 3 is 2.29 bits per heavy atom. The Balaban J connectivity index is 1.82. The topological polar surface area (TPSA) is 73.6 Å². The minimum atomic E-state index is -0.816. The van der Waals surface area contributed by atoms with Gasteiger partial charge in [-0.3, -0.25) is 4.79 Å². The molecule has 0 saturated carbocycles. The highest BCUT2D eigenvalue weighted by Crippen LogP contribution is 2.40. The van der Waals surface area contributed by atoms with Crippen LogP contribution in [-0.2, 0) is 9.53 Å². The van der Waals surface area contributed by atoms with Crippen LogP contribution < -0.4 is 9.80 Å². The van der Waals surface area contributed by atoms with Crippen molar-refractivity contribution in [1.29, 1.82) is 5.26 Å². The number of hydrogen-bond donors (Lipinski definition) is 0. The lowest BCUT2D eigenvalue weighted by molar-refractivity contribution is -0.118. The van der Waals surface area contributed by atoms with Crippen molar-refractivity contribution in [1.82, 2.24) is 0 Å². The fourth-order valence-corrected chi connectivity index (χ4v) is 3.15. The summed E-state index contributed by atoms with van der Waals surface area (Å²) in [6.45, 7) is 1.03. The highest BCUT2D eigenvalue weighted by Gasteiger charge is 2.31. The third kappa shape index (κ3) is 3.32. The van der Waals surface area contributed by atoms with E-state index in [0.717, 1.165) is 17.4 Å². The quantitative estimate of drug-likeness (QED) is 0.462. The van der Waals surface area contributed by atoms with Gasteiger partial charge in [-0.05, 0) is 36.8 Å².